The normalized spacial score (nSPS) is 27.7. The highest BCUT2D eigenvalue weighted by Crippen LogP contribution is 2.35. The van der Waals surface area contributed by atoms with Gasteiger partial charge in [-0.15, -0.1) is 0 Å². The van der Waals surface area contributed by atoms with E-state index >= 15 is 0 Å². The zero-order chi connectivity index (χ0) is 14.8. The highest BCUT2D eigenvalue weighted by Gasteiger charge is 2.42. The van der Waals surface area contributed by atoms with Gasteiger partial charge in [-0.3, -0.25) is 9.59 Å². The predicted molar refractivity (Wildman–Crippen MR) is 80.2 cm³/mol. The number of piperidine rings is 1. The van der Waals surface area contributed by atoms with Crippen molar-refractivity contribution >= 4 is 23.2 Å². The Bertz CT molecular complexity index is 503. The van der Waals surface area contributed by atoms with Gasteiger partial charge in [0.1, 0.15) is 0 Å². The lowest BCUT2D eigenvalue weighted by Gasteiger charge is -2.37. The van der Waals surface area contributed by atoms with Crippen LogP contribution in [0.3, 0.4) is 0 Å². The van der Waals surface area contributed by atoms with Crippen molar-refractivity contribution in [2.45, 2.75) is 50.3 Å². The summed E-state index contributed by atoms with van der Waals surface area (Å²) in [7, 11) is 0. The number of fused-ring (bicyclic) bond motifs is 2. The number of carbonyl (C=O) groups is 2. The second-order valence-electron chi connectivity index (χ2n) is 5.83. The summed E-state index contributed by atoms with van der Waals surface area (Å²) in [5.41, 5.74) is 0.647. The lowest BCUT2D eigenvalue weighted by Crippen LogP contribution is -2.48. The van der Waals surface area contributed by atoms with Gasteiger partial charge in [-0.2, -0.15) is 11.3 Å². The van der Waals surface area contributed by atoms with Crippen LogP contribution in [0.5, 0.6) is 0 Å². The van der Waals surface area contributed by atoms with Crippen molar-refractivity contribution in [3.63, 3.8) is 0 Å². The molecule has 0 aromatic carbocycles. The van der Waals surface area contributed by atoms with Gasteiger partial charge in [0.2, 0.25) is 5.91 Å². The minimum atomic E-state index is -0.259. The Morgan fingerprint density at radius 3 is 2.67 bits per heavy atom. The molecule has 5 nitrogen and oxygen atoms in total. The number of rotatable bonds is 4. The molecule has 2 unspecified atom stereocenters. The molecule has 2 aliphatic rings. The minimum absolute atomic E-state index is 0.0972. The molecule has 2 atom stereocenters. The van der Waals surface area contributed by atoms with Crippen molar-refractivity contribution in [2.75, 3.05) is 6.54 Å². The summed E-state index contributed by atoms with van der Waals surface area (Å²) in [5.74, 6) is -0.0268. The fourth-order valence-electron chi connectivity index (χ4n) is 3.46. The van der Waals surface area contributed by atoms with Crippen LogP contribution in [0.4, 0.5) is 0 Å². The van der Waals surface area contributed by atoms with Crippen molar-refractivity contribution in [2.24, 2.45) is 0 Å². The van der Waals surface area contributed by atoms with E-state index in [0.717, 1.165) is 12.8 Å². The maximum Gasteiger partial charge on any atom is 0.252 e. The topological polar surface area (TPSA) is 69.6 Å². The van der Waals surface area contributed by atoms with E-state index in [2.05, 4.69) is 5.32 Å². The van der Waals surface area contributed by atoms with Crippen molar-refractivity contribution in [3.05, 3.63) is 22.4 Å². The summed E-state index contributed by atoms with van der Waals surface area (Å²) in [6.45, 7) is 0.367. The molecule has 3 rings (SSSR count). The van der Waals surface area contributed by atoms with Crippen molar-refractivity contribution < 1.29 is 14.7 Å². The van der Waals surface area contributed by atoms with Crippen LogP contribution in [0.2, 0.25) is 0 Å². The smallest absolute Gasteiger partial charge is 0.252 e. The molecule has 2 aliphatic heterocycles. The third-order valence-corrected chi connectivity index (χ3v) is 5.09. The van der Waals surface area contributed by atoms with Crippen LogP contribution in [0.1, 0.15) is 42.5 Å². The predicted octanol–water partition coefficient (Wildman–Crippen LogP) is 1.38. The Hall–Kier alpha value is -1.40. The van der Waals surface area contributed by atoms with Crippen LogP contribution in [-0.4, -0.2) is 46.6 Å². The summed E-state index contributed by atoms with van der Waals surface area (Å²) in [6.07, 6.45) is 3.46. The van der Waals surface area contributed by atoms with Gasteiger partial charge in [-0.1, -0.05) is 0 Å². The first-order chi connectivity index (χ1) is 10.1. The Labute approximate surface area is 128 Å². The molecular formula is C15H20N2O3S. The Balaban J connectivity index is 1.48. The SMILES string of the molecule is O=C(NCCC(=O)N1C2CCC1CC(O)C2)c1ccsc1. The molecule has 2 bridgehead atoms. The molecule has 0 aliphatic carbocycles. The molecule has 2 N–H and O–H groups in total. The highest BCUT2D eigenvalue weighted by atomic mass is 32.1. The van der Waals surface area contributed by atoms with E-state index in [9.17, 15) is 14.7 Å². The average Bonchev–Trinajstić information content (AvgIpc) is 3.06. The van der Waals surface area contributed by atoms with Gasteiger partial charge < -0.3 is 15.3 Å². The number of nitrogens with one attached hydrogen (secondary N) is 1. The molecular weight excluding hydrogens is 288 g/mol. The van der Waals surface area contributed by atoms with Crippen LogP contribution < -0.4 is 5.32 Å². The second kappa shape index (κ2) is 6.15. The molecule has 1 aromatic rings. The molecule has 3 heterocycles. The minimum Gasteiger partial charge on any atom is -0.393 e. The number of hydrogen-bond donors (Lipinski definition) is 2. The fraction of sp³-hybridized carbons (Fsp3) is 0.600. The summed E-state index contributed by atoms with van der Waals surface area (Å²) >= 11 is 1.48. The van der Waals surface area contributed by atoms with E-state index in [4.69, 9.17) is 0 Å². The molecule has 1 aromatic heterocycles. The van der Waals surface area contributed by atoms with E-state index in [1.54, 1.807) is 11.4 Å². The third-order valence-electron chi connectivity index (χ3n) is 4.40. The fourth-order valence-corrected chi connectivity index (χ4v) is 4.10. The molecule has 0 radical (unpaired) electrons. The third kappa shape index (κ3) is 3.11. The molecule has 6 heteroatoms. The lowest BCUT2D eigenvalue weighted by atomic mass is 9.99. The second-order valence-corrected chi connectivity index (χ2v) is 6.61. The molecule has 21 heavy (non-hydrogen) atoms. The largest absolute Gasteiger partial charge is 0.393 e. The monoisotopic (exact) mass is 308 g/mol. The summed E-state index contributed by atoms with van der Waals surface area (Å²) in [6, 6.07) is 2.16. The maximum absolute atomic E-state index is 12.3. The van der Waals surface area contributed by atoms with Gasteiger partial charge in [0.15, 0.2) is 0 Å². The standard InChI is InChI=1S/C15H20N2O3S/c18-13-7-11-1-2-12(8-13)17(11)14(19)3-5-16-15(20)10-4-6-21-9-10/h4,6,9,11-13,18H,1-3,5,7-8H2,(H,16,20). The molecule has 2 saturated heterocycles. The molecule has 114 valence electrons. The van der Waals surface area contributed by atoms with Crippen LogP contribution >= 0.6 is 11.3 Å². The maximum atomic E-state index is 12.3. The number of hydrogen-bond acceptors (Lipinski definition) is 4. The van der Waals surface area contributed by atoms with Gasteiger partial charge >= 0.3 is 0 Å². The van der Waals surface area contributed by atoms with Crippen LogP contribution in [0.15, 0.2) is 16.8 Å². The van der Waals surface area contributed by atoms with Crippen LogP contribution in [0, 0.1) is 0 Å². The van der Waals surface area contributed by atoms with Crippen LogP contribution in [-0.2, 0) is 4.79 Å². The Morgan fingerprint density at radius 2 is 2.05 bits per heavy atom. The molecule has 0 saturated carbocycles. The first-order valence-corrected chi connectivity index (χ1v) is 8.39. The summed E-state index contributed by atoms with van der Waals surface area (Å²) in [5, 5.41) is 16.2. The summed E-state index contributed by atoms with van der Waals surface area (Å²) in [4.78, 5) is 26.1. The molecule has 2 amide bonds. The number of carbonyl (C=O) groups excluding carboxylic acids is 2. The highest BCUT2D eigenvalue weighted by molar-refractivity contribution is 7.08. The molecule has 0 spiro atoms. The van der Waals surface area contributed by atoms with Crippen molar-refractivity contribution in [1.29, 1.82) is 0 Å². The number of aliphatic hydroxyl groups is 1. The van der Waals surface area contributed by atoms with E-state index < -0.39 is 0 Å². The summed E-state index contributed by atoms with van der Waals surface area (Å²) < 4.78 is 0. The van der Waals surface area contributed by atoms with Gasteiger partial charge in [0.25, 0.3) is 5.91 Å². The zero-order valence-corrected chi connectivity index (χ0v) is 12.6. The van der Waals surface area contributed by atoms with E-state index in [1.807, 2.05) is 10.3 Å². The van der Waals surface area contributed by atoms with Gasteiger partial charge in [0, 0.05) is 36.0 Å². The molecule has 2 fully saturated rings. The van der Waals surface area contributed by atoms with Gasteiger partial charge in [-0.25, -0.2) is 0 Å². The first-order valence-electron chi connectivity index (χ1n) is 7.45. The van der Waals surface area contributed by atoms with Gasteiger partial charge in [0.05, 0.1) is 6.10 Å². The van der Waals surface area contributed by atoms with E-state index in [1.165, 1.54) is 11.3 Å². The van der Waals surface area contributed by atoms with Gasteiger partial charge in [-0.05, 0) is 37.1 Å². The number of nitrogens with zero attached hydrogens (tertiary/aromatic N) is 1. The van der Waals surface area contributed by atoms with E-state index in [-0.39, 0.29) is 30.0 Å². The van der Waals surface area contributed by atoms with Crippen molar-refractivity contribution in [3.8, 4) is 0 Å². The van der Waals surface area contributed by atoms with Crippen molar-refractivity contribution in [1.82, 2.24) is 10.2 Å². The average molecular weight is 308 g/mol. The first kappa shape index (κ1) is 14.5. The number of aliphatic hydroxyl groups excluding tert-OH is 1. The van der Waals surface area contributed by atoms with Crippen LogP contribution in [0.25, 0.3) is 0 Å². The lowest BCUT2D eigenvalue weighted by molar-refractivity contribution is -0.137. The van der Waals surface area contributed by atoms with E-state index in [0.29, 0.717) is 31.4 Å². The number of amides is 2. The Morgan fingerprint density at radius 1 is 1.33 bits per heavy atom. The quantitative estimate of drug-likeness (QED) is 0.883. The zero-order valence-electron chi connectivity index (χ0n) is 11.8. The number of thiophene rings is 1. The Kier molecular flexibility index (Phi) is 4.26.